The Hall–Kier alpha value is -1.50. The van der Waals surface area contributed by atoms with E-state index in [1.807, 2.05) is 43.3 Å². The predicted molar refractivity (Wildman–Crippen MR) is 47.7 cm³/mol. The topological polar surface area (TPSA) is 13.1 Å². The zero-order valence-corrected chi connectivity index (χ0v) is 6.87. The monoisotopic (exact) mass is 157 g/mol. The van der Waals surface area contributed by atoms with E-state index in [1.165, 1.54) is 0 Å². The molecule has 0 saturated heterocycles. The molecule has 0 atom stereocenters. The molecule has 0 N–H and O–H groups in total. The lowest BCUT2D eigenvalue weighted by Crippen LogP contribution is -1.69. The van der Waals surface area contributed by atoms with Crippen LogP contribution in [0.3, 0.4) is 0 Å². The van der Waals surface area contributed by atoms with Gasteiger partial charge in [0.15, 0.2) is 0 Å². The summed E-state index contributed by atoms with van der Waals surface area (Å²) in [4.78, 5) is 0. The first kappa shape index (κ1) is 7.17. The maximum atomic E-state index is 5.41. The molecule has 0 spiro atoms. The number of furan rings is 1. The van der Waals surface area contributed by atoms with Crippen LogP contribution in [-0.2, 0) is 0 Å². The average molecular weight is 157 g/mol. The summed E-state index contributed by atoms with van der Waals surface area (Å²) in [6.45, 7) is 1.90. The van der Waals surface area contributed by atoms with E-state index < -0.39 is 0 Å². The van der Waals surface area contributed by atoms with Crippen LogP contribution in [0, 0.1) is 13.0 Å². The lowest BCUT2D eigenvalue weighted by molar-refractivity contribution is 0.547. The average Bonchev–Trinajstić information content (AvgIpc) is 2.54. The summed E-state index contributed by atoms with van der Waals surface area (Å²) in [5, 5.41) is 0. The first-order chi connectivity index (χ1) is 5.86. The van der Waals surface area contributed by atoms with Gasteiger partial charge in [-0.05, 0) is 13.0 Å². The van der Waals surface area contributed by atoms with Crippen LogP contribution in [0.5, 0.6) is 0 Å². The Morgan fingerprint density at radius 2 is 1.92 bits per heavy atom. The molecule has 0 aliphatic rings. The van der Waals surface area contributed by atoms with Crippen molar-refractivity contribution in [3.63, 3.8) is 0 Å². The summed E-state index contributed by atoms with van der Waals surface area (Å²) in [5.41, 5.74) is 1.10. The van der Waals surface area contributed by atoms with Crippen molar-refractivity contribution in [2.45, 2.75) is 6.92 Å². The van der Waals surface area contributed by atoms with Crippen molar-refractivity contribution >= 4 is 0 Å². The minimum absolute atomic E-state index is 0.828. The van der Waals surface area contributed by atoms with Crippen LogP contribution in [0.4, 0.5) is 0 Å². The Bertz CT molecular complexity index is 360. The second-order valence-electron chi connectivity index (χ2n) is 2.68. The highest BCUT2D eigenvalue weighted by Crippen LogP contribution is 2.20. The van der Waals surface area contributed by atoms with Gasteiger partial charge in [-0.25, -0.2) is 0 Å². The van der Waals surface area contributed by atoms with Crippen LogP contribution in [0.1, 0.15) is 5.76 Å². The van der Waals surface area contributed by atoms with E-state index in [9.17, 15) is 0 Å². The van der Waals surface area contributed by atoms with Gasteiger partial charge in [-0.2, -0.15) is 0 Å². The number of aryl methyl sites for hydroxylation is 1. The molecule has 2 rings (SSSR count). The molecule has 12 heavy (non-hydrogen) atoms. The summed E-state index contributed by atoms with van der Waals surface area (Å²) in [6.07, 6.45) is 0. The Balaban J connectivity index is 2.45. The molecular weight excluding hydrogens is 148 g/mol. The van der Waals surface area contributed by atoms with Crippen molar-refractivity contribution in [1.29, 1.82) is 0 Å². The largest absolute Gasteiger partial charge is 0.461 e. The fourth-order valence-corrected chi connectivity index (χ4v) is 1.14. The summed E-state index contributed by atoms with van der Waals surface area (Å²) >= 11 is 0. The standard InChI is InChI=1S/C11H9O/c1-9-7-8-11(12-9)10-5-3-2-4-6-10/h2-6,8H,1H3. The smallest absolute Gasteiger partial charge is 0.134 e. The second-order valence-corrected chi connectivity index (χ2v) is 2.68. The molecule has 0 fully saturated rings. The van der Waals surface area contributed by atoms with Crippen molar-refractivity contribution in [3.05, 3.63) is 48.2 Å². The van der Waals surface area contributed by atoms with Crippen molar-refractivity contribution < 1.29 is 4.42 Å². The van der Waals surface area contributed by atoms with E-state index in [0.29, 0.717) is 0 Å². The molecule has 0 saturated carbocycles. The second kappa shape index (κ2) is 2.86. The summed E-state index contributed by atoms with van der Waals surface area (Å²) < 4.78 is 5.41. The van der Waals surface area contributed by atoms with E-state index in [2.05, 4.69) is 6.07 Å². The molecule has 59 valence electrons. The molecule has 0 amide bonds. The zero-order chi connectivity index (χ0) is 8.39. The Morgan fingerprint density at radius 3 is 2.50 bits per heavy atom. The van der Waals surface area contributed by atoms with Crippen molar-refractivity contribution in [3.8, 4) is 11.3 Å². The molecule has 1 nitrogen and oxygen atoms in total. The van der Waals surface area contributed by atoms with Gasteiger partial charge < -0.3 is 4.42 Å². The fraction of sp³-hybridized carbons (Fsp3) is 0.0909. The van der Waals surface area contributed by atoms with Gasteiger partial charge in [0.2, 0.25) is 0 Å². The molecule has 1 aromatic carbocycles. The van der Waals surface area contributed by atoms with Crippen LogP contribution in [0.25, 0.3) is 11.3 Å². The Morgan fingerprint density at radius 1 is 1.17 bits per heavy atom. The molecule has 0 unspecified atom stereocenters. The third-order valence-corrected chi connectivity index (χ3v) is 1.73. The zero-order valence-electron chi connectivity index (χ0n) is 6.87. The maximum absolute atomic E-state index is 5.41. The van der Waals surface area contributed by atoms with Gasteiger partial charge in [0.25, 0.3) is 0 Å². The number of rotatable bonds is 1. The SMILES string of the molecule is Cc1[c]cc(-c2ccccc2)o1. The minimum atomic E-state index is 0.828. The molecule has 1 radical (unpaired) electrons. The molecule has 1 aromatic heterocycles. The number of benzene rings is 1. The van der Waals surface area contributed by atoms with Crippen molar-refractivity contribution in [2.24, 2.45) is 0 Å². The normalized spacial score (nSPS) is 10.1. The van der Waals surface area contributed by atoms with Gasteiger partial charge in [0.05, 0.1) is 0 Å². The summed E-state index contributed by atoms with van der Waals surface area (Å²) in [5.74, 6) is 1.71. The van der Waals surface area contributed by atoms with Gasteiger partial charge in [-0.15, -0.1) is 0 Å². The van der Waals surface area contributed by atoms with E-state index in [-0.39, 0.29) is 0 Å². The molecular formula is C11H9O. The number of hydrogen-bond acceptors (Lipinski definition) is 1. The lowest BCUT2D eigenvalue weighted by atomic mass is 10.2. The van der Waals surface area contributed by atoms with E-state index >= 15 is 0 Å². The third-order valence-electron chi connectivity index (χ3n) is 1.73. The van der Waals surface area contributed by atoms with Crippen LogP contribution >= 0.6 is 0 Å². The highest BCUT2D eigenvalue weighted by atomic mass is 16.3. The van der Waals surface area contributed by atoms with Crippen LogP contribution in [0.2, 0.25) is 0 Å². The maximum Gasteiger partial charge on any atom is 0.134 e. The Labute approximate surface area is 71.6 Å². The number of hydrogen-bond donors (Lipinski definition) is 0. The molecule has 1 heterocycles. The highest BCUT2D eigenvalue weighted by molar-refractivity contribution is 5.56. The molecule has 2 aromatic rings. The highest BCUT2D eigenvalue weighted by Gasteiger charge is 1.99. The molecule has 1 heteroatoms. The minimum Gasteiger partial charge on any atom is -0.461 e. The summed E-state index contributed by atoms with van der Waals surface area (Å²) in [7, 11) is 0. The fourth-order valence-electron chi connectivity index (χ4n) is 1.14. The van der Waals surface area contributed by atoms with Crippen LogP contribution < -0.4 is 0 Å². The molecule has 0 aliphatic heterocycles. The lowest BCUT2D eigenvalue weighted by Gasteiger charge is -1.93. The van der Waals surface area contributed by atoms with Gasteiger partial charge in [-0.1, -0.05) is 30.3 Å². The Kier molecular flexibility index (Phi) is 1.71. The van der Waals surface area contributed by atoms with E-state index in [4.69, 9.17) is 4.42 Å². The van der Waals surface area contributed by atoms with Crippen molar-refractivity contribution in [2.75, 3.05) is 0 Å². The van der Waals surface area contributed by atoms with E-state index in [0.717, 1.165) is 17.1 Å². The first-order valence-corrected chi connectivity index (χ1v) is 3.90. The van der Waals surface area contributed by atoms with Gasteiger partial charge in [0.1, 0.15) is 11.5 Å². The van der Waals surface area contributed by atoms with E-state index in [1.54, 1.807) is 0 Å². The third kappa shape index (κ3) is 1.26. The van der Waals surface area contributed by atoms with Gasteiger partial charge in [-0.3, -0.25) is 0 Å². The van der Waals surface area contributed by atoms with Crippen LogP contribution in [-0.4, -0.2) is 0 Å². The summed E-state index contributed by atoms with van der Waals surface area (Å²) in [6, 6.07) is 14.9. The van der Waals surface area contributed by atoms with Gasteiger partial charge >= 0.3 is 0 Å². The van der Waals surface area contributed by atoms with Crippen molar-refractivity contribution in [1.82, 2.24) is 0 Å². The first-order valence-electron chi connectivity index (χ1n) is 3.90. The van der Waals surface area contributed by atoms with Crippen LogP contribution in [0.15, 0.2) is 40.8 Å². The van der Waals surface area contributed by atoms with Gasteiger partial charge in [0, 0.05) is 11.6 Å². The molecule has 0 bridgehead atoms. The predicted octanol–water partition coefficient (Wildman–Crippen LogP) is 3.06. The molecule has 0 aliphatic carbocycles. The quantitative estimate of drug-likeness (QED) is 0.620.